The molecule has 0 aromatic heterocycles. The first-order valence-electron chi connectivity index (χ1n) is 17.0. The van der Waals surface area contributed by atoms with E-state index in [2.05, 4.69) is 62.6 Å². The third-order valence-electron chi connectivity index (χ3n) is 6.42. The van der Waals surface area contributed by atoms with Crippen LogP contribution < -0.4 is 22.1 Å². The van der Waals surface area contributed by atoms with E-state index in [1.54, 1.807) is 6.07 Å². The molecule has 7 heteroatoms. The van der Waals surface area contributed by atoms with Gasteiger partial charge in [-0.1, -0.05) is 135 Å². The first-order chi connectivity index (χ1) is 22.1. The Morgan fingerprint density at radius 2 is 1.33 bits per heavy atom. The van der Waals surface area contributed by atoms with Crippen LogP contribution in [0.25, 0.3) is 5.57 Å². The molecule has 0 bridgehead atoms. The minimum atomic E-state index is 0.162. The van der Waals surface area contributed by atoms with Crippen LogP contribution in [0.15, 0.2) is 78.2 Å². The van der Waals surface area contributed by atoms with Gasteiger partial charge in [-0.25, -0.2) is 0 Å². The SMILES string of the molecule is C=C(NCCCCCCNC(=O)CCCC)/C(C)=C/C(C(=C)c1ccccc1C=O)=C(/C)Cl.C=CN.CC.CCCCCC.CN. The molecule has 0 saturated heterocycles. The quantitative estimate of drug-likeness (QED) is 0.0670. The number of carbonyl (C=O) groups excluding carboxylic acids is 2. The van der Waals surface area contributed by atoms with Gasteiger partial charge in [0.15, 0.2) is 6.29 Å². The van der Waals surface area contributed by atoms with Crippen molar-refractivity contribution >= 4 is 29.4 Å². The van der Waals surface area contributed by atoms with Crippen LogP contribution in [-0.2, 0) is 4.79 Å². The van der Waals surface area contributed by atoms with Crippen molar-refractivity contribution < 1.29 is 9.59 Å². The van der Waals surface area contributed by atoms with Crippen molar-refractivity contribution in [1.82, 2.24) is 10.6 Å². The zero-order chi connectivity index (χ0) is 36.2. The molecule has 0 aliphatic heterocycles. The molecule has 0 aliphatic carbocycles. The predicted molar refractivity (Wildman–Crippen MR) is 207 cm³/mol. The second-order valence-electron chi connectivity index (χ2n) is 10.2. The molecule has 0 saturated carbocycles. The first kappa shape index (κ1) is 49.8. The van der Waals surface area contributed by atoms with Crippen molar-refractivity contribution in [2.75, 3.05) is 20.1 Å². The summed E-state index contributed by atoms with van der Waals surface area (Å²) in [5, 5.41) is 6.96. The number of rotatable bonds is 19. The van der Waals surface area contributed by atoms with Gasteiger partial charge in [-0.3, -0.25) is 9.59 Å². The molecule has 264 valence electrons. The molecular formula is C39H69ClN4O2. The topological polar surface area (TPSA) is 110 Å². The largest absolute Gasteiger partial charge is 0.405 e. The fraction of sp³-hybridized carbons (Fsp3) is 0.538. The van der Waals surface area contributed by atoms with E-state index in [1.807, 2.05) is 52.0 Å². The van der Waals surface area contributed by atoms with Gasteiger partial charge in [0.1, 0.15) is 0 Å². The monoisotopic (exact) mass is 661 g/mol. The van der Waals surface area contributed by atoms with Gasteiger partial charge in [0.25, 0.3) is 0 Å². The summed E-state index contributed by atoms with van der Waals surface area (Å²) in [7, 11) is 1.50. The summed E-state index contributed by atoms with van der Waals surface area (Å²) in [6.45, 7) is 27.4. The molecule has 0 aliphatic rings. The number of benzene rings is 1. The molecule has 0 heterocycles. The van der Waals surface area contributed by atoms with E-state index >= 15 is 0 Å². The van der Waals surface area contributed by atoms with Crippen LogP contribution in [0.5, 0.6) is 0 Å². The Bertz CT molecular complexity index is 991. The lowest BCUT2D eigenvalue weighted by Crippen LogP contribution is -2.23. The summed E-state index contributed by atoms with van der Waals surface area (Å²) in [4.78, 5) is 23.0. The van der Waals surface area contributed by atoms with Gasteiger partial charge < -0.3 is 22.1 Å². The zero-order valence-electron chi connectivity index (χ0n) is 30.7. The number of allylic oxidation sites excluding steroid dienone is 5. The van der Waals surface area contributed by atoms with Gasteiger partial charge in [0, 0.05) is 35.8 Å². The fourth-order valence-corrected chi connectivity index (χ4v) is 4.02. The highest BCUT2D eigenvalue weighted by atomic mass is 35.5. The van der Waals surface area contributed by atoms with Gasteiger partial charge in [-0.05, 0) is 74.7 Å². The number of unbranched alkanes of at least 4 members (excludes halogenated alkanes) is 7. The molecule has 1 amide bonds. The van der Waals surface area contributed by atoms with E-state index < -0.39 is 0 Å². The van der Waals surface area contributed by atoms with Crippen LogP contribution in [0.4, 0.5) is 0 Å². The van der Waals surface area contributed by atoms with Crippen LogP contribution in [0.2, 0.25) is 0 Å². The Balaban J connectivity index is -0.000000579. The normalized spacial score (nSPS) is 10.3. The molecule has 0 atom stereocenters. The van der Waals surface area contributed by atoms with Crippen LogP contribution in [0, 0.1) is 0 Å². The highest BCUT2D eigenvalue weighted by Crippen LogP contribution is 2.30. The molecule has 1 aromatic rings. The second kappa shape index (κ2) is 38.1. The lowest BCUT2D eigenvalue weighted by Gasteiger charge is -2.14. The highest BCUT2D eigenvalue weighted by Gasteiger charge is 2.11. The summed E-state index contributed by atoms with van der Waals surface area (Å²) in [5.74, 6) is 0.162. The molecule has 1 rings (SSSR count). The van der Waals surface area contributed by atoms with Crippen molar-refractivity contribution in [2.45, 2.75) is 119 Å². The molecule has 6 N–H and O–H groups in total. The van der Waals surface area contributed by atoms with E-state index in [0.717, 1.165) is 80.3 Å². The number of halogens is 1. The van der Waals surface area contributed by atoms with E-state index in [0.29, 0.717) is 22.6 Å². The van der Waals surface area contributed by atoms with Gasteiger partial charge >= 0.3 is 0 Å². The lowest BCUT2D eigenvalue weighted by molar-refractivity contribution is -0.121. The molecular weight excluding hydrogens is 592 g/mol. The maximum atomic E-state index is 11.6. The van der Waals surface area contributed by atoms with E-state index in [1.165, 1.54) is 38.9 Å². The molecule has 1 aromatic carbocycles. The Hall–Kier alpha value is -3.09. The van der Waals surface area contributed by atoms with Crippen molar-refractivity contribution in [1.29, 1.82) is 0 Å². The Labute approximate surface area is 288 Å². The number of nitrogens with two attached hydrogens (primary N) is 2. The number of aldehydes is 1. The Morgan fingerprint density at radius 1 is 0.848 bits per heavy atom. The summed E-state index contributed by atoms with van der Waals surface area (Å²) in [6, 6.07) is 7.35. The summed E-state index contributed by atoms with van der Waals surface area (Å²) >= 11 is 6.37. The van der Waals surface area contributed by atoms with E-state index in [-0.39, 0.29) is 5.91 Å². The molecule has 0 fully saturated rings. The van der Waals surface area contributed by atoms with Crippen molar-refractivity contribution in [3.8, 4) is 0 Å². The Morgan fingerprint density at radius 3 is 1.78 bits per heavy atom. The van der Waals surface area contributed by atoms with Crippen molar-refractivity contribution in [3.63, 3.8) is 0 Å². The van der Waals surface area contributed by atoms with Crippen LogP contribution in [0.1, 0.15) is 135 Å². The van der Waals surface area contributed by atoms with Crippen LogP contribution in [0.3, 0.4) is 0 Å². The van der Waals surface area contributed by atoms with Gasteiger partial charge in [0.05, 0.1) is 0 Å². The van der Waals surface area contributed by atoms with E-state index in [9.17, 15) is 9.59 Å². The number of hydrogen-bond donors (Lipinski definition) is 4. The van der Waals surface area contributed by atoms with E-state index in [4.69, 9.17) is 11.6 Å². The van der Waals surface area contributed by atoms with Gasteiger partial charge in [-0.15, -0.1) is 0 Å². The average Bonchev–Trinajstić information content (AvgIpc) is 3.08. The summed E-state index contributed by atoms with van der Waals surface area (Å²) in [5.41, 5.74) is 13.8. The third-order valence-corrected chi connectivity index (χ3v) is 6.63. The predicted octanol–water partition coefficient (Wildman–Crippen LogP) is 10.2. The lowest BCUT2D eigenvalue weighted by atomic mass is 9.93. The minimum absolute atomic E-state index is 0.162. The van der Waals surface area contributed by atoms with Crippen LogP contribution >= 0.6 is 11.6 Å². The number of amides is 1. The third kappa shape index (κ3) is 28.4. The maximum absolute atomic E-state index is 11.6. The smallest absolute Gasteiger partial charge is 0.219 e. The van der Waals surface area contributed by atoms with Gasteiger partial charge in [-0.2, -0.15) is 0 Å². The van der Waals surface area contributed by atoms with Crippen molar-refractivity contribution in [2.24, 2.45) is 11.5 Å². The minimum Gasteiger partial charge on any atom is -0.405 e. The molecule has 46 heavy (non-hydrogen) atoms. The van der Waals surface area contributed by atoms with Crippen molar-refractivity contribution in [3.05, 3.63) is 89.3 Å². The molecule has 6 nitrogen and oxygen atoms in total. The number of nitrogens with one attached hydrogen (secondary N) is 2. The molecule has 0 radical (unpaired) electrons. The van der Waals surface area contributed by atoms with Gasteiger partial charge in [0.2, 0.25) is 5.91 Å². The number of hydrogen-bond acceptors (Lipinski definition) is 5. The second-order valence-corrected chi connectivity index (χ2v) is 10.7. The summed E-state index contributed by atoms with van der Waals surface area (Å²) in [6.07, 6.45) is 16.4. The average molecular weight is 661 g/mol. The molecule has 0 spiro atoms. The molecule has 0 unspecified atom stereocenters. The first-order valence-corrected chi connectivity index (χ1v) is 17.4. The standard InChI is InChI=1S/C28H39ClN2O2.C6H14.C2H5N.C2H6.CH5N/c1-6-7-16-28(33)31-18-13-9-8-12-17-30-24(5)21(2)19-27(23(4)29)22(3)26-15-11-10-14-25(26)20-32;1-3-5-6-4-2;1-2-3;2*1-2/h10-11,14-15,19-20,30H,3,5-9,12-13,16-18H2,1-2,4H3,(H,31,33);3-6H2,1-2H3;2H,1,3H2;1-2H3;2H2,1H3/b21-19+,27-23+;;;;. The fourth-order valence-electron chi connectivity index (χ4n) is 3.85. The Kier molecular flexibility index (Phi) is 41.2. The highest BCUT2D eigenvalue weighted by molar-refractivity contribution is 6.30. The van der Waals surface area contributed by atoms with Crippen LogP contribution in [-0.4, -0.2) is 32.3 Å². The number of carbonyl (C=O) groups is 2. The zero-order valence-corrected chi connectivity index (χ0v) is 31.5. The maximum Gasteiger partial charge on any atom is 0.219 e. The summed E-state index contributed by atoms with van der Waals surface area (Å²) < 4.78 is 0.